The Balaban J connectivity index is 3.68. The molecule has 78 valence electrons. The Labute approximate surface area is 80.7 Å². The van der Waals surface area contributed by atoms with Gasteiger partial charge in [-0.25, -0.2) is 0 Å². The molecule has 0 amide bonds. The fourth-order valence-corrected chi connectivity index (χ4v) is 1.16. The molecule has 0 spiro atoms. The number of likely N-dealkylation sites (N-methyl/N-ethyl adjacent to an activating group) is 1. The van der Waals surface area contributed by atoms with Gasteiger partial charge in [0.2, 0.25) is 0 Å². The number of aliphatic carboxylic acids is 1. The van der Waals surface area contributed by atoms with Crippen molar-refractivity contribution in [2.75, 3.05) is 13.6 Å². The summed E-state index contributed by atoms with van der Waals surface area (Å²) in [7, 11) is 1.86. The Morgan fingerprint density at radius 1 is 1.31 bits per heavy atom. The quantitative estimate of drug-likeness (QED) is 0.689. The van der Waals surface area contributed by atoms with Gasteiger partial charge in [0.25, 0.3) is 0 Å². The van der Waals surface area contributed by atoms with Gasteiger partial charge in [-0.15, -0.1) is 0 Å². The molecule has 3 nitrogen and oxygen atoms in total. The molecule has 0 aliphatic heterocycles. The first kappa shape index (κ1) is 12.4. The maximum absolute atomic E-state index is 10.4. The molecule has 0 fully saturated rings. The van der Waals surface area contributed by atoms with Gasteiger partial charge in [-0.1, -0.05) is 13.8 Å². The smallest absolute Gasteiger partial charge is 0.317 e. The summed E-state index contributed by atoms with van der Waals surface area (Å²) in [6.45, 7) is 6.58. The monoisotopic (exact) mass is 187 g/mol. The van der Waals surface area contributed by atoms with Crippen molar-refractivity contribution in [3.8, 4) is 0 Å². The van der Waals surface area contributed by atoms with Gasteiger partial charge in [0, 0.05) is 6.04 Å². The van der Waals surface area contributed by atoms with Crippen molar-refractivity contribution < 1.29 is 9.90 Å². The zero-order valence-electron chi connectivity index (χ0n) is 9.08. The highest BCUT2D eigenvalue weighted by Crippen LogP contribution is 2.10. The maximum atomic E-state index is 10.4. The molecule has 0 radical (unpaired) electrons. The van der Waals surface area contributed by atoms with E-state index in [9.17, 15) is 4.79 Å². The number of carbonyl (C=O) groups is 1. The molecule has 0 saturated heterocycles. The Hall–Kier alpha value is -0.570. The summed E-state index contributed by atoms with van der Waals surface area (Å²) >= 11 is 0. The molecule has 3 heteroatoms. The van der Waals surface area contributed by atoms with Gasteiger partial charge >= 0.3 is 5.97 Å². The first-order valence-corrected chi connectivity index (χ1v) is 4.85. The number of hydrogen-bond donors (Lipinski definition) is 1. The van der Waals surface area contributed by atoms with Gasteiger partial charge in [-0.3, -0.25) is 9.69 Å². The molecule has 13 heavy (non-hydrogen) atoms. The van der Waals surface area contributed by atoms with Crippen LogP contribution in [0, 0.1) is 5.92 Å². The van der Waals surface area contributed by atoms with E-state index >= 15 is 0 Å². The lowest BCUT2D eigenvalue weighted by molar-refractivity contribution is -0.138. The SMILES string of the molecule is CC(C)CCC(C)N(C)CC(=O)O. The van der Waals surface area contributed by atoms with E-state index in [-0.39, 0.29) is 6.54 Å². The summed E-state index contributed by atoms with van der Waals surface area (Å²) in [5.74, 6) is -0.0559. The van der Waals surface area contributed by atoms with Crippen molar-refractivity contribution in [3.05, 3.63) is 0 Å². The second kappa shape index (κ2) is 5.97. The van der Waals surface area contributed by atoms with Crippen molar-refractivity contribution in [2.45, 2.75) is 39.7 Å². The third-order valence-corrected chi connectivity index (χ3v) is 2.30. The lowest BCUT2D eigenvalue weighted by atomic mass is 10.0. The zero-order chi connectivity index (χ0) is 10.4. The van der Waals surface area contributed by atoms with Crippen molar-refractivity contribution >= 4 is 5.97 Å². The predicted octanol–water partition coefficient (Wildman–Crippen LogP) is 1.83. The number of nitrogens with zero attached hydrogens (tertiary/aromatic N) is 1. The van der Waals surface area contributed by atoms with E-state index < -0.39 is 5.97 Å². The predicted molar refractivity (Wildman–Crippen MR) is 53.8 cm³/mol. The lowest BCUT2D eigenvalue weighted by Crippen LogP contribution is -2.33. The average Bonchev–Trinajstić information content (AvgIpc) is 1.98. The summed E-state index contributed by atoms with van der Waals surface area (Å²) in [5.41, 5.74) is 0. The molecule has 0 saturated carbocycles. The molecule has 0 bridgehead atoms. The normalized spacial score (nSPS) is 13.7. The molecule has 1 N–H and O–H groups in total. The topological polar surface area (TPSA) is 40.5 Å². The molecule has 1 atom stereocenters. The highest BCUT2D eigenvalue weighted by Gasteiger charge is 2.12. The Morgan fingerprint density at radius 2 is 1.85 bits per heavy atom. The molecular formula is C10H21NO2. The summed E-state index contributed by atoms with van der Waals surface area (Å²) in [6.07, 6.45) is 2.23. The minimum Gasteiger partial charge on any atom is -0.480 e. The molecular weight excluding hydrogens is 166 g/mol. The standard InChI is InChI=1S/C10H21NO2/c1-8(2)5-6-9(3)11(4)7-10(12)13/h8-9H,5-7H2,1-4H3,(H,12,13). The van der Waals surface area contributed by atoms with E-state index in [1.807, 2.05) is 11.9 Å². The summed E-state index contributed by atoms with van der Waals surface area (Å²) in [5, 5.41) is 8.57. The van der Waals surface area contributed by atoms with Gasteiger partial charge in [0.05, 0.1) is 6.54 Å². The third kappa shape index (κ3) is 6.58. The van der Waals surface area contributed by atoms with E-state index in [1.165, 1.54) is 0 Å². The molecule has 1 unspecified atom stereocenters. The first-order valence-electron chi connectivity index (χ1n) is 4.85. The highest BCUT2D eigenvalue weighted by atomic mass is 16.4. The van der Waals surface area contributed by atoms with E-state index in [0.29, 0.717) is 12.0 Å². The Morgan fingerprint density at radius 3 is 2.23 bits per heavy atom. The number of carboxylic acid groups (broad SMARTS) is 1. The van der Waals surface area contributed by atoms with Crippen LogP contribution in [0.2, 0.25) is 0 Å². The second-order valence-electron chi connectivity index (χ2n) is 4.13. The minimum absolute atomic E-state index is 0.138. The third-order valence-electron chi connectivity index (χ3n) is 2.30. The average molecular weight is 187 g/mol. The van der Waals surface area contributed by atoms with Gasteiger partial charge < -0.3 is 5.11 Å². The van der Waals surface area contributed by atoms with Crippen LogP contribution in [0.25, 0.3) is 0 Å². The zero-order valence-corrected chi connectivity index (χ0v) is 9.08. The largest absolute Gasteiger partial charge is 0.480 e. The van der Waals surface area contributed by atoms with Crippen LogP contribution in [0.5, 0.6) is 0 Å². The number of hydrogen-bond acceptors (Lipinski definition) is 2. The highest BCUT2D eigenvalue weighted by molar-refractivity contribution is 5.69. The molecule has 0 aromatic heterocycles. The van der Waals surface area contributed by atoms with Crippen LogP contribution in [0.4, 0.5) is 0 Å². The lowest BCUT2D eigenvalue weighted by Gasteiger charge is -2.23. The van der Waals surface area contributed by atoms with E-state index in [0.717, 1.165) is 12.8 Å². The van der Waals surface area contributed by atoms with Crippen molar-refractivity contribution in [2.24, 2.45) is 5.92 Å². The van der Waals surface area contributed by atoms with Crippen LogP contribution in [0.1, 0.15) is 33.6 Å². The van der Waals surface area contributed by atoms with Crippen molar-refractivity contribution in [1.82, 2.24) is 4.90 Å². The van der Waals surface area contributed by atoms with Gasteiger partial charge in [-0.2, -0.15) is 0 Å². The fourth-order valence-electron chi connectivity index (χ4n) is 1.16. The van der Waals surface area contributed by atoms with Gasteiger partial charge in [-0.05, 0) is 32.7 Å². The summed E-state index contributed by atoms with van der Waals surface area (Å²) < 4.78 is 0. The fraction of sp³-hybridized carbons (Fsp3) is 0.900. The van der Waals surface area contributed by atoms with E-state index in [4.69, 9.17) is 5.11 Å². The van der Waals surface area contributed by atoms with Crippen LogP contribution in [-0.2, 0) is 4.79 Å². The molecule has 0 aliphatic rings. The maximum Gasteiger partial charge on any atom is 0.317 e. The van der Waals surface area contributed by atoms with Crippen molar-refractivity contribution in [3.63, 3.8) is 0 Å². The Kier molecular flexibility index (Phi) is 5.71. The first-order chi connectivity index (χ1) is 5.93. The van der Waals surface area contributed by atoms with E-state index in [2.05, 4.69) is 20.8 Å². The Bertz CT molecular complexity index is 157. The van der Waals surface area contributed by atoms with Gasteiger partial charge in [0.1, 0.15) is 0 Å². The molecule has 0 rings (SSSR count). The molecule has 0 aromatic rings. The van der Waals surface area contributed by atoms with Crippen LogP contribution in [0.3, 0.4) is 0 Å². The summed E-state index contributed by atoms with van der Waals surface area (Å²) in [6, 6.07) is 0.360. The van der Waals surface area contributed by atoms with E-state index in [1.54, 1.807) is 0 Å². The van der Waals surface area contributed by atoms with Gasteiger partial charge in [0.15, 0.2) is 0 Å². The number of carboxylic acids is 1. The number of rotatable bonds is 6. The minimum atomic E-state index is -0.751. The van der Waals surface area contributed by atoms with Crippen molar-refractivity contribution in [1.29, 1.82) is 0 Å². The second-order valence-corrected chi connectivity index (χ2v) is 4.13. The van der Waals surface area contributed by atoms with Crippen LogP contribution >= 0.6 is 0 Å². The molecule has 0 aliphatic carbocycles. The summed E-state index contributed by atoms with van der Waals surface area (Å²) in [4.78, 5) is 12.3. The van der Waals surface area contributed by atoms with Crippen LogP contribution in [0.15, 0.2) is 0 Å². The van der Waals surface area contributed by atoms with Crippen LogP contribution in [-0.4, -0.2) is 35.6 Å². The molecule has 0 aromatic carbocycles. The van der Waals surface area contributed by atoms with Crippen LogP contribution < -0.4 is 0 Å². The molecule has 0 heterocycles.